The highest BCUT2D eigenvalue weighted by Crippen LogP contribution is 2.27. The van der Waals surface area contributed by atoms with E-state index in [0.29, 0.717) is 23.2 Å². The van der Waals surface area contributed by atoms with E-state index in [9.17, 15) is 8.42 Å². The zero-order chi connectivity index (χ0) is 21.2. The van der Waals surface area contributed by atoms with E-state index < -0.39 is 10.0 Å². The minimum absolute atomic E-state index is 0.00936. The van der Waals surface area contributed by atoms with Crippen LogP contribution in [0, 0.1) is 12.8 Å². The van der Waals surface area contributed by atoms with Crippen molar-refractivity contribution < 1.29 is 12.9 Å². The minimum atomic E-state index is -3.49. The van der Waals surface area contributed by atoms with E-state index in [1.54, 1.807) is 12.1 Å². The number of nitrogens with one attached hydrogen (secondary N) is 1. The van der Waals surface area contributed by atoms with Gasteiger partial charge in [-0.25, -0.2) is 13.1 Å². The number of likely N-dealkylation sites (tertiary alicyclic amines) is 1. The van der Waals surface area contributed by atoms with Crippen molar-refractivity contribution in [2.45, 2.75) is 63.8 Å². The van der Waals surface area contributed by atoms with Crippen LogP contribution in [0.3, 0.4) is 0 Å². The van der Waals surface area contributed by atoms with E-state index in [0.717, 1.165) is 31.5 Å². The highest BCUT2D eigenvalue weighted by atomic mass is 32.2. The predicted molar refractivity (Wildman–Crippen MR) is 112 cm³/mol. The van der Waals surface area contributed by atoms with Crippen LogP contribution < -0.4 is 4.72 Å². The first-order valence-corrected chi connectivity index (χ1v) is 11.7. The number of sulfonamides is 1. The summed E-state index contributed by atoms with van der Waals surface area (Å²) < 4.78 is 33.4. The van der Waals surface area contributed by atoms with Gasteiger partial charge >= 0.3 is 0 Å². The average Bonchev–Trinajstić information content (AvgIpc) is 3.17. The van der Waals surface area contributed by atoms with Crippen molar-refractivity contribution in [3.63, 3.8) is 0 Å². The SMILES string of the molecule is Cc1ccc(S(=O)(=O)NCC2CCCN(C(C)c3nc(C(C)(C)C)no3)C2)cc1. The number of aromatic nitrogens is 2. The molecule has 29 heavy (non-hydrogen) atoms. The van der Waals surface area contributed by atoms with Crippen molar-refractivity contribution in [1.29, 1.82) is 0 Å². The Morgan fingerprint density at radius 3 is 2.59 bits per heavy atom. The van der Waals surface area contributed by atoms with Crippen molar-refractivity contribution in [2.75, 3.05) is 19.6 Å². The van der Waals surface area contributed by atoms with Gasteiger partial charge in [0.15, 0.2) is 5.82 Å². The maximum absolute atomic E-state index is 12.6. The lowest BCUT2D eigenvalue weighted by Gasteiger charge is -2.35. The second kappa shape index (κ2) is 8.53. The number of piperidine rings is 1. The van der Waals surface area contributed by atoms with Crippen LogP contribution in [0.5, 0.6) is 0 Å². The molecule has 0 radical (unpaired) electrons. The van der Waals surface area contributed by atoms with Gasteiger partial charge in [0.1, 0.15) is 0 Å². The summed E-state index contributed by atoms with van der Waals surface area (Å²) in [5.41, 5.74) is 0.886. The van der Waals surface area contributed by atoms with E-state index in [1.165, 1.54) is 0 Å². The molecule has 2 aromatic rings. The van der Waals surface area contributed by atoms with Crippen LogP contribution in [-0.4, -0.2) is 43.1 Å². The van der Waals surface area contributed by atoms with Crippen LogP contribution in [-0.2, 0) is 15.4 Å². The van der Waals surface area contributed by atoms with E-state index in [4.69, 9.17) is 4.52 Å². The largest absolute Gasteiger partial charge is 0.338 e. The van der Waals surface area contributed by atoms with E-state index in [1.807, 2.05) is 19.1 Å². The third-order valence-corrected chi connectivity index (χ3v) is 6.90. The molecule has 0 bridgehead atoms. The van der Waals surface area contributed by atoms with Crippen molar-refractivity contribution in [1.82, 2.24) is 19.8 Å². The highest BCUT2D eigenvalue weighted by Gasteiger charge is 2.30. The Bertz CT molecular complexity index is 916. The molecule has 1 aromatic heterocycles. The normalized spacial score (nSPS) is 20.0. The van der Waals surface area contributed by atoms with Gasteiger partial charge in [0.05, 0.1) is 10.9 Å². The smallest absolute Gasteiger partial charge is 0.243 e. The summed E-state index contributed by atoms with van der Waals surface area (Å²) in [6.07, 6.45) is 2.01. The lowest BCUT2D eigenvalue weighted by atomic mass is 9.96. The predicted octanol–water partition coefficient (Wildman–Crippen LogP) is 3.43. The van der Waals surface area contributed by atoms with E-state index in [-0.39, 0.29) is 17.4 Å². The van der Waals surface area contributed by atoms with Gasteiger partial charge in [-0.15, -0.1) is 0 Å². The molecule has 1 aliphatic rings. The molecule has 2 heterocycles. The van der Waals surface area contributed by atoms with E-state index >= 15 is 0 Å². The number of benzene rings is 1. The Kier molecular flexibility index (Phi) is 6.45. The minimum Gasteiger partial charge on any atom is -0.338 e. The van der Waals surface area contributed by atoms with Crippen molar-refractivity contribution in [3.8, 4) is 0 Å². The van der Waals surface area contributed by atoms with Crippen LogP contribution in [0.15, 0.2) is 33.7 Å². The molecule has 8 heteroatoms. The van der Waals surface area contributed by atoms with Crippen LogP contribution >= 0.6 is 0 Å². The number of hydrogen-bond donors (Lipinski definition) is 1. The molecule has 1 saturated heterocycles. The van der Waals surface area contributed by atoms with Crippen LogP contribution in [0.1, 0.15) is 63.9 Å². The second-order valence-electron chi connectivity index (χ2n) is 9.05. The third-order valence-electron chi connectivity index (χ3n) is 5.46. The monoisotopic (exact) mass is 420 g/mol. The molecule has 0 aliphatic carbocycles. The summed E-state index contributed by atoms with van der Waals surface area (Å²) in [5.74, 6) is 1.58. The Labute approximate surface area is 173 Å². The van der Waals surface area contributed by atoms with E-state index in [2.05, 4.69) is 47.5 Å². The summed E-state index contributed by atoms with van der Waals surface area (Å²) in [4.78, 5) is 7.19. The Morgan fingerprint density at radius 2 is 1.97 bits per heavy atom. The maximum Gasteiger partial charge on any atom is 0.243 e. The molecule has 7 nitrogen and oxygen atoms in total. The third kappa shape index (κ3) is 5.43. The van der Waals surface area contributed by atoms with Gasteiger partial charge in [-0.2, -0.15) is 4.98 Å². The first-order valence-electron chi connectivity index (χ1n) is 10.2. The number of aryl methyl sites for hydroxylation is 1. The molecule has 1 fully saturated rings. The fraction of sp³-hybridized carbons (Fsp3) is 0.619. The Morgan fingerprint density at radius 1 is 1.28 bits per heavy atom. The Hall–Kier alpha value is -1.77. The summed E-state index contributed by atoms with van der Waals surface area (Å²) in [6.45, 7) is 12.3. The zero-order valence-corrected chi connectivity index (χ0v) is 18.8. The fourth-order valence-electron chi connectivity index (χ4n) is 3.51. The number of rotatable bonds is 6. The first-order chi connectivity index (χ1) is 13.6. The highest BCUT2D eigenvalue weighted by molar-refractivity contribution is 7.89. The van der Waals surface area contributed by atoms with Gasteiger partial charge in [-0.05, 0) is 51.3 Å². The fourth-order valence-corrected chi connectivity index (χ4v) is 4.63. The Balaban J connectivity index is 1.60. The molecular weight excluding hydrogens is 388 g/mol. The summed E-state index contributed by atoms with van der Waals surface area (Å²) >= 11 is 0. The first kappa shape index (κ1) is 21.9. The van der Waals surface area contributed by atoms with Gasteiger partial charge in [0.25, 0.3) is 0 Å². The van der Waals surface area contributed by atoms with Crippen LogP contribution in [0.2, 0.25) is 0 Å². The summed E-state index contributed by atoms with van der Waals surface area (Å²) in [7, 11) is -3.49. The molecule has 1 aromatic carbocycles. The molecular formula is C21H32N4O3S. The van der Waals surface area contributed by atoms with Crippen molar-refractivity contribution in [3.05, 3.63) is 41.5 Å². The number of hydrogen-bond acceptors (Lipinski definition) is 6. The maximum atomic E-state index is 12.6. The van der Waals surface area contributed by atoms with Crippen LogP contribution in [0.4, 0.5) is 0 Å². The molecule has 1 N–H and O–H groups in total. The summed E-state index contributed by atoms with van der Waals surface area (Å²) in [5, 5.41) is 4.13. The zero-order valence-electron chi connectivity index (χ0n) is 18.0. The molecule has 2 atom stereocenters. The van der Waals surface area contributed by atoms with Gasteiger partial charge in [0, 0.05) is 18.5 Å². The van der Waals surface area contributed by atoms with Gasteiger partial charge in [0.2, 0.25) is 15.9 Å². The summed E-state index contributed by atoms with van der Waals surface area (Å²) in [6, 6.07) is 6.93. The average molecular weight is 421 g/mol. The molecule has 2 unspecified atom stereocenters. The van der Waals surface area contributed by atoms with Gasteiger partial charge < -0.3 is 4.52 Å². The molecule has 3 rings (SSSR count). The second-order valence-corrected chi connectivity index (χ2v) is 10.8. The van der Waals surface area contributed by atoms with Gasteiger partial charge in [-0.3, -0.25) is 4.90 Å². The molecule has 0 saturated carbocycles. The number of nitrogens with zero attached hydrogens (tertiary/aromatic N) is 3. The lowest BCUT2D eigenvalue weighted by molar-refractivity contribution is 0.112. The molecule has 0 amide bonds. The quantitative estimate of drug-likeness (QED) is 0.770. The standard InChI is InChI=1S/C21H32N4O3S/c1-15-8-10-18(11-9-15)29(26,27)22-13-17-7-6-12-25(14-17)16(2)19-23-20(24-28-19)21(3,4)5/h8-11,16-17,22H,6-7,12-14H2,1-5H3. The van der Waals surface area contributed by atoms with Crippen molar-refractivity contribution in [2.24, 2.45) is 5.92 Å². The lowest BCUT2D eigenvalue weighted by Crippen LogP contribution is -2.42. The topological polar surface area (TPSA) is 88.3 Å². The molecule has 1 aliphatic heterocycles. The van der Waals surface area contributed by atoms with Crippen LogP contribution in [0.25, 0.3) is 0 Å². The molecule has 160 valence electrons. The molecule has 0 spiro atoms. The van der Waals surface area contributed by atoms with Gasteiger partial charge in [-0.1, -0.05) is 43.6 Å². The van der Waals surface area contributed by atoms with Crippen molar-refractivity contribution >= 4 is 10.0 Å².